The normalized spacial score (nSPS) is 19.8. The molecule has 5 nitrogen and oxygen atoms in total. The molecule has 0 bridgehead atoms. The van der Waals surface area contributed by atoms with Crippen LogP contribution >= 0.6 is 0 Å². The third-order valence-electron chi connectivity index (χ3n) is 6.15. The Labute approximate surface area is 169 Å². The van der Waals surface area contributed by atoms with Crippen LogP contribution in [-0.2, 0) is 4.79 Å². The first kappa shape index (κ1) is 20.8. The number of carbonyl (C=O) groups is 2. The minimum atomic E-state index is -0.0383. The largest absolute Gasteiger partial charge is 0.355 e. The molecule has 1 saturated heterocycles. The van der Waals surface area contributed by atoms with Crippen molar-refractivity contribution in [3.63, 3.8) is 0 Å². The molecule has 1 atom stereocenters. The van der Waals surface area contributed by atoms with Gasteiger partial charge >= 0.3 is 0 Å². The number of nitrogens with one attached hydrogen (secondary N) is 1. The lowest BCUT2D eigenvalue weighted by Crippen LogP contribution is -2.58. The SMILES string of the molecule is CC(C)CCNC(=O)[C@H](C1CCCC1)N1CCN(C(=O)c2ccccc2)CC1. The maximum Gasteiger partial charge on any atom is 0.253 e. The maximum atomic E-state index is 13.0. The van der Waals surface area contributed by atoms with E-state index in [0.717, 1.165) is 44.5 Å². The Hall–Kier alpha value is -1.88. The summed E-state index contributed by atoms with van der Waals surface area (Å²) >= 11 is 0. The molecule has 2 amide bonds. The van der Waals surface area contributed by atoms with Gasteiger partial charge < -0.3 is 10.2 Å². The first-order chi connectivity index (χ1) is 13.6. The zero-order valence-corrected chi connectivity index (χ0v) is 17.4. The molecule has 2 fully saturated rings. The fourth-order valence-electron chi connectivity index (χ4n) is 4.51. The van der Waals surface area contributed by atoms with Crippen molar-refractivity contribution in [3.05, 3.63) is 35.9 Å². The summed E-state index contributed by atoms with van der Waals surface area (Å²) in [6, 6.07) is 9.45. The molecule has 1 aliphatic heterocycles. The van der Waals surface area contributed by atoms with Crippen molar-refractivity contribution in [1.82, 2.24) is 15.1 Å². The Morgan fingerprint density at radius 3 is 2.29 bits per heavy atom. The summed E-state index contributed by atoms with van der Waals surface area (Å²) in [6.07, 6.45) is 5.76. The molecule has 1 heterocycles. The molecule has 0 aromatic heterocycles. The first-order valence-electron chi connectivity index (χ1n) is 10.9. The molecule has 28 heavy (non-hydrogen) atoms. The number of hydrogen-bond donors (Lipinski definition) is 1. The molecule has 1 saturated carbocycles. The molecular weight excluding hydrogens is 350 g/mol. The zero-order valence-electron chi connectivity index (χ0n) is 17.4. The molecule has 1 N–H and O–H groups in total. The van der Waals surface area contributed by atoms with E-state index < -0.39 is 0 Å². The second-order valence-corrected chi connectivity index (χ2v) is 8.66. The first-order valence-corrected chi connectivity index (χ1v) is 10.9. The van der Waals surface area contributed by atoms with Gasteiger partial charge in [-0.15, -0.1) is 0 Å². The van der Waals surface area contributed by atoms with Gasteiger partial charge in [-0.3, -0.25) is 14.5 Å². The minimum absolute atomic E-state index is 0.0383. The van der Waals surface area contributed by atoms with Crippen LogP contribution in [0, 0.1) is 11.8 Å². The Morgan fingerprint density at radius 2 is 1.68 bits per heavy atom. The number of carbonyl (C=O) groups excluding carboxylic acids is 2. The summed E-state index contributed by atoms with van der Waals surface area (Å²) in [6.45, 7) is 8.06. The Morgan fingerprint density at radius 1 is 1.04 bits per heavy atom. The summed E-state index contributed by atoms with van der Waals surface area (Å²) in [5.74, 6) is 1.34. The van der Waals surface area contributed by atoms with Crippen molar-refractivity contribution < 1.29 is 9.59 Å². The summed E-state index contributed by atoms with van der Waals surface area (Å²) in [5.41, 5.74) is 0.745. The predicted octanol–water partition coefficient (Wildman–Crippen LogP) is 3.17. The highest BCUT2D eigenvalue weighted by atomic mass is 16.2. The highest BCUT2D eigenvalue weighted by Crippen LogP contribution is 2.31. The molecule has 2 aliphatic rings. The topological polar surface area (TPSA) is 52.7 Å². The van der Waals surface area contributed by atoms with Crippen LogP contribution in [0.15, 0.2) is 30.3 Å². The van der Waals surface area contributed by atoms with Crippen LogP contribution in [0.3, 0.4) is 0 Å². The molecule has 0 spiro atoms. The van der Waals surface area contributed by atoms with Crippen LogP contribution in [0.25, 0.3) is 0 Å². The van der Waals surface area contributed by atoms with E-state index in [1.807, 2.05) is 35.2 Å². The number of rotatable bonds is 7. The fourth-order valence-corrected chi connectivity index (χ4v) is 4.51. The number of hydrogen-bond acceptors (Lipinski definition) is 3. The van der Waals surface area contributed by atoms with Gasteiger partial charge in [0.1, 0.15) is 0 Å². The fraction of sp³-hybridized carbons (Fsp3) is 0.652. The number of amides is 2. The quantitative estimate of drug-likeness (QED) is 0.784. The minimum Gasteiger partial charge on any atom is -0.355 e. The van der Waals surface area contributed by atoms with E-state index in [-0.39, 0.29) is 17.9 Å². The second-order valence-electron chi connectivity index (χ2n) is 8.66. The molecule has 1 aromatic carbocycles. The summed E-state index contributed by atoms with van der Waals surface area (Å²) in [5, 5.41) is 3.19. The van der Waals surface area contributed by atoms with E-state index in [0.29, 0.717) is 24.9 Å². The number of piperazine rings is 1. The lowest BCUT2D eigenvalue weighted by molar-refractivity contribution is -0.129. The van der Waals surface area contributed by atoms with Crippen LogP contribution in [0.1, 0.15) is 56.3 Å². The van der Waals surface area contributed by atoms with Gasteiger partial charge in [-0.1, -0.05) is 44.9 Å². The third-order valence-corrected chi connectivity index (χ3v) is 6.15. The summed E-state index contributed by atoms with van der Waals surface area (Å²) < 4.78 is 0. The molecule has 1 aliphatic carbocycles. The van der Waals surface area contributed by atoms with Gasteiger partial charge in [-0.05, 0) is 43.2 Å². The van der Waals surface area contributed by atoms with Crippen molar-refractivity contribution in [3.8, 4) is 0 Å². The van der Waals surface area contributed by atoms with Crippen LogP contribution in [-0.4, -0.2) is 60.4 Å². The van der Waals surface area contributed by atoms with E-state index in [4.69, 9.17) is 0 Å². The van der Waals surface area contributed by atoms with E-state index in [9.17, 15) is 9.59 Å². The van der Waals surface area contributed by atoms with Gasteiger partial charge in [0.25, 0.3) is 5.91 Å². The molecular formula is C23H35N3O2. The monoisotopic (exact) mass is 385 g/mol. The van der Waals surface area contributed by atoms with Crippen molar-refractivity contribution in [2.24, 2.45) is 11.8 Å². The van der Waals surface area contributed by atoms with Gasteiger partial charge in [0.05, 0.1) is 6.04 Å². The van der Waals surface area contributed by atoms with Gasteiger partial charge in [-0.2, -0.15) is 0 Å². The zero-order chi connectivity index (χ0) is 19.9. The lowest BCUT2D eigenvalue weighted by atomic mass is 9.94. The molecule has 1 aromatic rings. The standard InChI is InChI=1S/C23H35N3O2/c1-18(2)12-13-24-22(27)21(19-8-6-7-9-19)25-14-16-26(17-15-25)23(28)20-10-4-3-5-11-20/h3-5,10-11,18-19,21H,6-9,12-17H2,1-2H3,(H,24,27)/t21-/m0/s1. The van der Waals surface area contributed by atoms with Crippen molar-refractivity contribution in [2.45, 2.75) is 52.0 Å². The third kappa shape index (κ3) is 5.34. The number of benzene rings is 1. The van der Waals surface area contributed by atoms with Crippen molar-refractivity contribution in [2.75, 3.05) is 32.7 Å². The van der Waals surface area contributed by atoms with Gasteiger partial charge in [0, 0.05) is 38.3 Å². The van der Waals surface area contributed by atoms with Gasteiger partial charge in [-0.25, -0.2) is 0 Å². The Bertz CT molecular complexity index is 633. The molecule has 0 unspecified atom stereocenters. The smallest absolute Gasteiger partial charge is 0.253 e. The molecule has 154 valence electrons. The van der Waals surface area contributed by atoms with Crippen LogP contribution in [0.4, 0.5) is 0 Å². The van der Waals surface area contributed by atoms with E-state index in [1.165, 1.54) is 12.8 Å². The van der Waals surface area contributed by atoms with Crippen LogP contribution in [0.2, 0.25) is 0 Å². The summed E-state index contributed by atoms with van der Waals surface area (Å²) in [4.78, 5) is 30.0. The average molecular weight is 386 g/mol. The maximum absolute atomic E-state index is 13.0. The van der Waals surface area contributed by atoms with E-state index >= 15 is 0 Å². The molecule has 3 rings (SSSR count). The van der Waals surface area contributed by atoms with E-state index in [1.54, 1.807) is 0 Å². The lowest BCUT2D eigenvalue weighted by Gasteiger charge is -2.40. The average Bonchev–Trinajstić information content (AvgIpc) is 3.23. The van der Waals surface area contributed by atoms with Gasteiger partial charge in [0.15, 0.2) is 0 Å². The van der Waals surface area contributed by atoms with Crippen molar-refractivity contribution in [1.29, 1.82) is 0 Å². The van der Waals surface area contributed by atoms with Crippen molar-refractivity contribution >= 4 is 11.8 Å². The van der Waals surface area contributed by atoms with E-state index in [2.05, 4.69) is 24.1 Å². The number of nitrogens with zero attached hydrogens (tertiary/aromatic N) is 2. The molecule has 5 heteroatoms. The molecule has 0 radical (unpaired) electrons. The second kappa shape index (κ2) is 10.1. The Balaban J connectivity index is 1.59. The highest BCUT2D eigenvalue weighted by Gasteiger charge is 2.37. The van der Waals surface area contributed by atoms with Gasteiger partial charge in [0.2, 0.25) is 5.91 Å². The van der Waals surface area contributed by atoms with Crippen LogP contribution in [0.5, 0.6) is 0 Å². The predicted molar refractivity (Wildman–Crippen MR) is 112 cm³/mol. The van der Waals surface area contributed by atoms with Crippen LogP contribution < -0.4 is 5.32 Å². The summed E-state index contributed by atoms with van der Waals surface area (Å²) in [7, 11) is 0. The highest BCUT2D eigenvalue weighted by molar-refractivity contribution is 5.94. The Kier molecular flexibility index (Phi) is 7.49.